The van der Waals surface area contributed by atoms with Gasteiger partial charge in [-0.3, -0.25) is 4.79 Å². The summed E-state index contributed by atoms with van der Waals surface area (Å²) in [7, 11) is -3.76. The molecule has 29 heavy (non-hydrogen) atoms. The number of carbonyl (C=O) groups excluding carboxylic acids is 1. The molecule has 3 rings (SSSR count). The Kier molecular flexibility index (Phi) is 6.39. The Hall–Kier alpha value is -3.06. The van der Waals surface area contributed by atoms with E-state index in [9.17, 15) is 13.2 Å². The minimum absolute atomic E-state index is 0.115. The van der Waals surface area contributed by atoms with Gasteiger partial charge in [0.2, 0.25) is 0 Å². The van der Waals surface area contributed by atoms with E-state index < -0.39 is 15.1 Å². The second kappa shape index (κ2) is 8.96. The molecule has 6 nitrogen and oxygen atoms in total. The standard InChI is InChI=1S/C22H23NO5S/c1-3-27-18-10-8-17(9-11-18)22(24)23-15-21(20-5-4-14-28-20)29(25,26)19-12-6-16(2)7-13-19/h4-14,21H,3,15H2,1-2H3,(H,23,24). The van der Waals surface area contributed by atoms with Gasteiger partial charge in [-0.1, -0.05) is 17.7 Å². The molecule has 0 fully saturated rings. The fraction of sp³-hybridized carbons (Fsp3) is 0.227. The molecule has 0 aliphatic carbocycles. The first-order valence-corrected chi connectivity index (χ1v) is 10.8. The first-order chi connectivity index (χ1) is 13.9. The molecule has 1 amide bonds. The molecule has 1 unspecified atom stereocenters. The zero-order chi connectivity index (χ0) is 20.9. The Morgan fingerprint density at radius 3 is 2.34 bits per heavy atom. The smallest absolute Gasteiger partial charge is 0.251 e. The molecule has 0 aliphatic heterocycles. The first-order valence-electron chi connectivity index (χ1n) is 9.27. The van der Waals surface area contributed by atoms with Crippen molar-refractivity contribution < 1.29 is 22.4 Å². The number of hydrogen-bond donors (Lipinski definition) is 1. The van der Waals surface area contributed by atoms with E-state index in [4.69, 9.17) is 9.15 Å². The Morgan fingerprint density at radius 1 is 1.07 bits per heavy atom. The number of amides is 1. The lowest BCUT2D eigenvalue weighted by molar-refractivity contribution is 0.0953. The van der Waals surface area contributed by atoms with Gasteiger partial charge >= 0.3 is 0 Å². The topological polar surface area (TPSA) is 85.6 Å². The second-order valence-corrected chi connectivity index (χ2v) is 8.66. The van der Waals surface area contributed by atoms with Crippen molar-refractivity contribution in [2.45, 2.75) is 24.0 Å². The highest BCUT2D eigenvalue weighted by Crippen LogP contribution is 2.29. The fourth-order valence-electron chi connectivity index (χ4n) is 2.89. The van der Waals surface area contributed by atoms with Gasteiger partial charge in [0.1, 0.15) is 16.8 Å². The summed E-state index contributed by atoms with van der Waals surface area (Å²) >= 11 is 0. The van der Waals surface area contributed by atoms with Crippen molar-refractivity contribution in [2.24, 2.45) is 0 Å². The van der Waals surface area contributed by atoms with E-state index in [1.165, 1.54) is 6.26 Å². The highest BCUT2D eigenvalue weighted by atomic mass is 32.2. The lowest BCUT2D eigenvalue weighted by atomic mass is 10.2. The third-order valence-corrected chi connectivity index (χ3v) is 6.54. The Balaban J connectivity index is 1.80. The first kappa shape index (κ1) is 20.7. The Morgan fingerprint density at radius 2 is 1.76 bits per heavy atom. The summed E-state index contributed by atoms with van der Waals surface area (Å²) in [6, 6.07) is 16.5. The number of sulfone groups is 1. The molecule has 1 atom stereocenters. The molecule has 0 saturated heterocycles. The maximum absolute atomic E-state index is 13.2. The SMILES string of the molecule is CCOc1ccc(C(=O)NCC(c2ccco2)S(=O)(=O)c2ccc(C)cc2)cc1. The lowest BCUT2D eigenvalue weighted by Gasteiger charge is -2.17. The number of ether oxygens (including phenoxy) is 1. The highest BCUT2D eigenvalue weighted by Gasteiger charge is 2.31. The van der Waals surface area contributed by atoms with Gasteiger partial charge in [-0.05, 0) is 62.4 Å². The van der Waals surface area contributed by atoms with Gasteiger partial charge in [0, 0.05) is 12.1 Å². The van der Waals surface area contributed by atoms with Crippen LogP contribution in [-0.4, -0.2) is 27.5 Å². The summed E-state index contributed by atoms with van der Waals surface area (Å²) in [4.78, 5) is 12.7. The van der Waals surface area contributed by atoms with Crippen LogP contribution in [0.4, 0.5) is 0 Å². The fourth-order valence-corrected chi connectivity index (χ4v) is 4.47. The van der Waals surface area contributed by atoms with Crippen LogP contribution in [0, 0.1) is 6.92 Å². The zero-order valence-electron chi connectivity index (χ0n) is 16.3. The van der Waals surface area contributed by atoms with E-state index in [1.807, 2.05) is 13.8 Å². The number of nitrogens with one attached hydrogen (secondary N) is 1. The molecular formula is C22H23NO5S. The number of furan rings is 1. The molecule has 1 aromatic heterocycles. The van der Waals surface area contributed by atoms with Gasteiger partial charge in [0.25, 0.3) is 5.91 Å². The van der Waals surface area contributed by atoms with Crippen molar-refractivity contribution >= 4 is 15.7 Å². The summed E-state index contributed by atoms with van der Waals surface area (Å²) in [5.74, 6) is 0.570. The molecule has 152 valence electrons. The van der Waals surface area contributed by atoms with Crippen molar-refractivity contribution in [3.8, 4) is 5.75 Å². The summed E-state index contributed by atoms with van der Waals surface area (Å²) in [5.41, 5.74) is 1.38. The van der Waals surface area contributed by atoms with Crippen LogP contribution in [0.15, 0.2) is 76.2 Å². The second-order valence-electron chi connectivity index (χ2n) is 6.53. The van der Waals surface area contributed by atoms with Gasteiger partial charge in [0.15, 0.2) is 9.84 Å². The van der Waals surface area contributed by atoms with Gasteiger partial charge in [-0.2, -0.15) is 0 Å². The van der Waals surface area contributed by atoms with Crippen molar-refractivity contribution in [3.05, 3.63) is 83.8 Å². The summed E-state index contributed by atoms with van der Waals surface area (Å²) in [5, 5.41) is 1.67. The highest BCUT2D eigenvalue weighted by molar-refractivity contribution is 7.91. The van der Waals surface area contributed by atoms with E-state index in [1.54, 1.807) is 60.7 Å². The van der Waals surface area contributed by atoms with Gasteiger partial charge in [-0.15, -0.1) is 0 Å². The predicted octanol–water partition coefficient (Wildman–Crippen LogP) is 3.93. The molecule has 0 radical (unpaired) electrons. The minimum Gasteiger partial charge on any atom is -0.494 e. The molecular weight excluding hydrogens is 390 g/mol. The maximum atomic E-state index is 13.2. The van der Waals surface area contributed by atoms with Crippen molar-refractivity contribution in [3.63, 3.8) is 0 Å². The third kappa shape index (κ3) is 4.86. The van der Waals surface area contributed by atoms with Gasteiger partial charge in [-0.25, -0.2) is 8.42 Å². The average molecular weight is 413 g/mol. The van der Waals surface area contributed by atoms with Crippen molar-refractivity contribution in [1.29, 1.82) is 0 Å². The van der Waals surface area contributed by atoms with Crippen LogP contribution < -0.4 is 10.1 Å². The van der Waals surface area contributed by atoms with Crippen molar-refractivity contribution in [1.82, 2.24) is 5.32 Å². The van der Waals surface area contributed by atoms with E-state index >= 15 is 0 Å². The van der Waals surface area contributed by atoms with E-state index in [0.29, 0.717) is 17.9 Å². The largest absolute Gasteiger partial charge is 0.494 e. The van der Waals surface area contributed by atoms with Crippen LogP contribution in [0.5, 0.6) is 5.75 Å². The number of benzene rings is 2. The van der Waals surface area contributed by atoms with Crippen LogP contribution in [0.2, 0.25) is 0 Å². The van der Waals surface area contributed by atoms with Crippen LogP contribution in [0.3, 0.4) is 0 Å². The summed E-state index contributed by atoms with van der Waals surface area (Å²) < 4.78 is 37.1. The number of carbonyl (C=O) groups is 1. The zero-order valence-corrected chi connectivity index (χ0v) is 17.1. The Bertz CT molecular complexity index is 1040. The molecule has 1 heterocycles. The predicted molar refractivity (Wildman–Crippen MR) is 110 cm³/mol. The molecule has 1 N–H and O–H groups in total. The molecule has 7 heteroatoms. The van der Waals surface area contributed by atoms with Gasteiger partial charge < -0.3 is 14.5 Å². The Labute approximate surface area is 170 Å². The van der Waals surface area contributed by atoms with E-state index in [-0.39, 0.29) is 23.1 Å². The molecule has 0 bridgehead atoms. The molecule has 0 aliphatic rings. The number of aryl methyl sites for hydroxylation is 1. The average Bonchev–Trinajstić information content (AvgIpc) is 3.23. The van der Waals surface area contributed by atoms with E-state index in [2.05, 4.69) is 5.32 Å². The van der Waals surface area contributed by atoms with Crippen LogP contribution in [-0.2, 0) is 9.84 Å². The van der Waals surface area contributed by atoms with Gasteiger partial charge in [0.05, 0.1) is 17.8 Å². The maximum Gasteiger partial charge on any atom is 0.251 e. The van der Waals surface area contributed by atoms with E-state index in [0.717, 1.165) is 5.56 Å². The normalized spacial score (nSPS) is 12.3. The molecule has 0 saturated carbocycles. The lowest BCUT2D eigenvalue weighted by Crippen LogP contribution is -2.31. The third-order valence-electron chi connectivity index (χ3n) is 4.46. The summed E-state index contributed by atoms with van der Waals surface area (Å²) in [6.45, 7) is 4.18. The quantitative estimate of drug-likeness (QED) is 0.605. The monoisotopic (exact) mass is 413 g/mol. The van der Waals surface area contributed by atoms with Crippen LogP contribution in [0.1, 0.15) is 33.9 Å². The van der Waals surface area contributed by atoms with Crippen LogP contribution in [0.25, 0.3) is 0 Å². The van der Waals surface area contributed by atoms with Crippen molar-refractivity contribution in [2.75, 3.05) is 13.2 Å². The minimum atomic E-state index is -3.76. The molecule has 0 spiro atoms. The molecule has 2 aromatic carbocycles. The number of rotatable bonds is 8. The number of hydrogen-bond acceptors (Lipinski definition) is 5. The summed E-state index contributed by atoms with van der Waals surface area (Å²) in [6.07, 6.45) is 1.42. The molecule has 3 aromatic rings. The van der Waals surface area contributed by atoms with Crippen LogP contribution >= 0.6 is 0 Å².